The van der Waals surface area contributed by atoms with Crippen molar-refractivity contribution in [1.29, 1.82) is 0 Å². The predicted octanol–water partition coefficient (Wildman–Crippen LogP) is 1.71. The van der Waals surface area contributed by atoms with Gasteiger partial charge in [0.15, 0.2) is 0 Å². The lowest BCUT2D eigenvalue weighted by molar-refractivity contribution is -0.118. The summed E-state index contributed by atoms with van der Waals surface area (Å²) >= 11 is 1.35. The average Bonchev–Trinajstić information content (AvgIpc) is 3.19. The third-order valence-corrected chi connectivity index (χ3v) is 5.95. The molecule has 156 valence electrons. The number of ether oxygens (including phenoxy) is 1. The van der Waals surface area contributed by atoms with Crippen LogP contribution in [0.1, 0.15) is 23.2 Å². The Morgan fingerprint density at radius 2 is 2.17 bits per heavy atom. The average molecular weight is 417 g/mol. The van der Waals surface area contributed by atoms with E-state index in [9.17, 15) is 9.59 Å². The van der Waals surface area contributed by atoms with Crippen molar-refractivity contribution < 1.29 is 9.53 Å². The Labute approximate surface area is 175 Å². The molecule has 0 spiro atoms. The van der Waals surface area contributed by atoms with Crippen LogP contribution in [0.3, 0.4) is 0 Å². The fraction of sp³-hybridized carbons (Fsp3) is 0.476. The summed E-state index contributed by atoms with van der Waals surface area (Å²) in [5.74, 6) is 0.925. The van der Waals surface area contributed by atoms with Crippen molar-refractivity contribution in [2.45, 2.75) is 37.4 Å². The number of carbonyl (C=O) groups excluding carboxylic acids is 1. The Bertz CT molecular complexity index is 927. The molecule has 1 aliphatic carbocycles. The fourth-order valence-electron chi connectivity index (χ4n) is 3.40. The number of aromatic nitrogens is 2. The van der Waals surface area contributed by atoms with Crippen LogP contribution in [0.25, 0.3) is 0 Å². The van der Waals surface area contributed by atoms with Gasteiger partial charge in [-0.3, -0.25) is 9.36 Å². The van der Waals surface area contributed by atoms with Gasteiger partial charge < -0.3 is 15.0 Å². The second-order valence-corrected chi connectivity index (χ2v) is 8.31. The second kappa shape index (κ2) is 9.93. The molecule has 1 aliphatic rings. The number of carbonyl (C=O) groups is 1. The monoisotopic (exact) mass is 416 g/mol. The number of benzene rings is 1. The Kier molecular flexibility index (Phi) is 7.33. The van der Waals surface area contributed by atoms with E-state index in [1.165, 1.54) is 11.8 Å². The summed E-state index contributed by atoms with van der Waals surface area (Å²) in [7, 11) is 5.61. The first-order chi connectivity index (χ1) is 14.0. The zero-order valence-corrected chi connectivity index (χ0v) is 18.1. The van der Waals surface area contributed by atoms with Crippen molar-refractivity contribution in [2.24, 2.45) is 0 Å². The number of amides is 1. The molecule has 0 aliphatic heterocycles. The molecule has 0 bridgehead atoms. The third-order valence-electron chi connectivity index (χ3n) is 4.94. The summed E-state index contributed by atoms with van der Waals surface area (Å²) in [6.07, 6.45) is 2.84. The van der Waals surface area contributed by atoms with E-state index in [1.54, 1.807) is 11.7 Å². The Morgan fingerprint density at radius 3 is 2.93 bits per heavy atom. The molecule has 1 N–H and O–H groups in total. The minimum absolute atomic E-state index is 0.0804. The summed E-state index contributed by atoms with van der Waals surface area (Å²) in [5, 5.41) is 3.62. The smallest absolute Gasteiger partial charge is 0.348 e. The first-order valence-electron chi connectivity index (χ1n) is 9.77. The minimum atomic E-state index is -0.216. The van der Waals surface area contributed by atoms with Gasteiger partial charge in [-0.25, -0.2) is 4.79 Å². The van der Waals surface area contributed by atoms with Gasteiger partial charge >= 0.3 is 5.69 Å². The largest absolute Gasteiger partial charge is 0.497 e. The van der Waals surface area contributed by atoms with E-state index >= 15 is 0 Å². The van der Waals surface area contributed by atoms with Crippen LogP contribution in [0.2, 0.25) is 0 Å². The van der Waals surface area contributed by atoms with E-state index in [0.29, 0.717) is 18.1 Å². The number of nitrogens with one attached hydrogen (secondary N) is 1. The van der Waals surface area contributed by atoms with Crippen molar-refractivity contribution in [3.05, 3.63) is 51.6 Å². The van der Waals surface area contributed by atoms with Crippen molar-refractivity contribution in [1.82, 2.24) is 19.8 Å². The van der Waals surface area contributed by atoms with Crippen LogP contribution in [0.15, 0.2) is 34.1 Å². The van der Waals surface area contributed by atoms with Crippen LogP contribution >= 0.6 is 11.8 Å². The van der Waals surface area contributed by atoms with E-state index in [1.807, 2.05) is 38.4 Å². The van der Waals surface area contributed by atoms with Crippen LogP contribution < -0.4 is 15.7 Å². The summed E-state index contributed by atoms with van der Waals surface area (Å²) in [6.45, 7) is 1.88. The quantitative estimate of drug-likeness (QED) is 0.495. The summed E-state index contributed by atoms with van der Waals surface area (Å²) < 4.78 is 7.00. The van der Waals surface area contributed by atoms with Gasteiger partial charge in [0.25, 0.3) is 0 Å². The lowest BCUT2D eigenvalue weighted by atomic mass is 10.2. The minimum Gasteiger partial charge on any atom is -0.497 e. The number of nitrogens with zero attached hydrogens (tertiary/aromatic N) is 3. The highest BCUT2D eigenvalue weighted by molar-refractivity contribution is 7.99. The van der Waals surface area contributed by atoms with E-state index < -0.39 is 0 Å². The third kappa shape index (κ3) is 5.61. The lowest BCUT2D eigenvalue weighted by Gasteiger charge is -2.16. The highest BCUT2D eigenvalue weighted by atomic mass is 32.2. The van der Waals surface area contributed by atoms with Gasteiger partial charge in [-0.15, -0.1) is 0 Å². The van der Waals surface area contributed by atoms with Crippen molar-refractivity contribution in [2.75, 3.05) is 33.5 Å². The van der Waals surface area contributed by atoms with Gasteiger partial charge in [0.05, 0.1) is 12.9 Å². The van der Waals surface area contributed by atoms with Crippen LogP contribution in [0, 0.1) is 0 Å². The van der Waals surface area contributed by atoms with E-state index in [2.05, 4.69) is 15.2 Å². The zero-order valence-electron chi connectivity index (χ0n) is 17.2. The maximum Gasteiger partial charge on any atom is 0.348 e. The number of hydrogen-bond acceptors (Lipinski definition) is 6. The molecule has 8 heteroatoms. The Hall–Kier alpha value is -2.32. The molecular formula is C21H28N4O3S. The predicted molar refractivity (Wildman–Crippen MR) is 115 cm³/mol. The van der Waals surface area contributed by atoms with Gasteiger partial charge in [-0.1, -0.05) is 23.9 Å². The van der Waals surface area contributed by atoms with Crippen LogP contribution in [-0.4, -0.2) is 53.9 Å². The maximum atomic E-state index is 12.5. The van der Waals surface area contributed by atoms with Gasteiger partial charge in [-0.05, 0) is 51.1 Å². The number of thioether (sulfide) groups is 1. The SMILES string of the molecule is COc1cccc(CNC(=O)CSc2nc(=O)n(CCN(C)C)c3c2CCC3)c1. The van der Waals surface area contributed by atoms with Gasteiger partial charge in [-0.2, -0.15) is 4.98 Å². The summed E-state index contributed by atoms with van der Waals surface area (Å²) in [4.78, 5) is 31.2. The molecular weight excluding hydrogens is 388 g/mol. The normalized spacial score (nSPS) is 12.8. The molecule has 0 saturated carbocycles. The van der Waals surface area contributed by atoms with Gasteiger partial charge in [0.2, 0.25) is 5.91 Å². The molecule has 0 fully saturated rings. The van der Waals surface area contributed by atoms with E-state index in [0.717, 1.165) is 48.4 Å². The standard InChI is InChI=1S/C21H28N4O3S/c1-24(2)10-11-25-18-9-5-8-17(18)20(23-21(25)27)29-14-19(26)22-13-15-6-4-7-16(12-15)28-3/h4,6-7,12H,5,8-11,13-14H2,1-3H3,(H,22,26). The molecule has 0 atom stereocenters. The first kappa shape index (κ1) is 21.4. The lowest BCUT2D eigenvalue weighted by Crippen LogP contribution is -2.31. The zero-order chi connectivity index (χ0) is 20.8. The van der Waals surface area contributed by atoms with Gasteiger partial charge in [0.1, 0.15) is 10.8 Å². The molecule has 1 heterocycles. The van der Waals surface area contributed by atoms with E-state index in [4.69, 9.17) is 4.74 Å². The number of methoxy groups -OCH3 is 1. The van der Waals surface area contributed by atoms with Crippen LogP contribution in [0.5, 0.6) is 5.75 Å². The number of hydrogen-bond donors (Lipinski definition) is 1. The molecule has 3 rings (SSSR count). The summed E-state index contributed by atoms with van der Waals surface area (Å²) in [6, 6.07) is 7.61. The van der Waals surface area contributed by atoms with Crippen LogP contribution in [-0.2, 0) is 30.7 Å². The fourth-order valence-corrected chi connectivity index (χ4v) is 4.31. The number of likely N-dealkylation sites (N-methyl/N-ethyl adjacent to an activating group) is 1. The highest BCUT2D eigenvalue weighted by Crippen LogP contribution is 2.29. The summed E-state index contributed by atoms with van der Waals surface area (Å²) in [5.41, 5.74) is 2.98. The number of rotatable bonds is 9. The molecule has 1 aromatic heterocycles. The van der Waals surface area contributed by atoms with Crippen molar-refractivity contribution in [3.63, 3.8) is 0 Å². The van der Waals surface area contributed by atoms with E-state index in [-0.39, 0.29) is 17.3 Å². The molecule has 0 radical (unpaired) electrons. The topological polar surface area (TPSA) is 76.5 Å². The second-order valence-electron chi connectivity index (χ2n) is 7.35. The molecule has 1 aromatic carbocycles. The first-order valence-corrected chi connectivity index (χ1v) is 10.8. The van der Waals surface area contributed by atoms with Gasteiger partial charge in [0, 0.05) is 30.9 Å². The molecule has 0 unspecified atom stereocenters. The maximum absolute atomic E-state index is 12.5. The van der Waals surface area contributed by atoms with Crippen molar-refractivity contribution >= 4 is 17.7 Å². The molecule has 0 saturated heterocycles. The van der Waals surface area contributed by atoms with Crippen LogP contribution in [0.4, 0.5) is 0 Å². The Morgan fingerprint density at radius 1 is 1.34 bits per heavy atom. The molecule has 1 amide bonds. The molecule has 7 nitrogen and oxygen atoms in total. The molecule has 2 aromatic rings. The number of fused-ring (bicyclic) bond motifs is 1. The Balaban J connectivity index is 1.61. The molecule has 29 heavy (non-hydrogen) atoms. The highest BCUT2D eigenvalue weighted by Gasteiger charge is 2.22. The van der Waals surface area contributed by atoms with Crippen molar-refractivity contribution in [3.8, 4) is 5.75 Å².